The van der Waals surface area contributed by atoms with Gasteiger partial charge >= 0.3 is 0 Å². The van der Waals surface area contributed by atoms with E-state index in [0.717, 1.165) is 32.1 Å². The van der Waals surface area contributed by atoms with Gasteiger partial charge in [-0.2, -0.15) is 0 Å². The van der Waals surface area contributed by atoms with Crippen molar-refractivity contribution in [2.45, 2.75) is 31.7 Å². The van der Waals surface area contributed by atoms with Crippen LogP contribution in [-0.2, 0) is 0 Å². The van der Waals surface area contributed by atoms with E-state index >= 15 is 0 Å². The minimum absolute atomic E-state index is 0.500. The Kier molecular flexibility index (Phi) is 2.96. The third kappa shape index (κ3) is 2.14. The Morgan fingerprint density at radius 1 is 1.44 bits per heavy atom. The Bertz CT molecular complexity index is 353. The summed E-state index contributed by atoms with van der Waals surface area (Å²) >= 11 is 1.85. The number of hydrogen-bond acceptors (Lipinski definition) is 4. The van der Waals surface area contributed by atoms with Gasteiger partial charge in [-0.05, 0) is 19.8 Å². The second-order valence-corrected chi connectivity index (χ2v) is 5.74. The van der Waals surface area contributed by atoms with Crippen LogP contribution in [0.1, 0.15) is 42.4 Å². The van der Waals surface area contributed by atoms with Gasteiger partial charge < -0.3 is 5.32 Å². The first-order valence-electron chi connectivity index (χ1n) is 6.24. The van der Waals surface area contributed by atoms with Crippen molar-refractivity contribution < 1.29 is 0 Å². The smallest absolute Gasteiger partial charge is 0.110 e. The minimum atomic E-state index is 0.500. The van der Waals surface area contributed by atoms with Crippen LogP contribution in [0.2, 0.25) is 0 Å². The second-order valence-electron chi connectivity index (χ2n) is 4.85. The molecule has 16 heavy (non-hydrogen) atoms. The van der Waals surface area contributed by atoms with E-state index in [1.54, 1.807) is 0 Å². The van der Waals surface area contributed by atoms with Crippen molar-refractivity contribution in [1.82, 2.24) is 15.2 Å². The summed E-state index contributed by atoms with van der Waals surface area (Å²) in [6, 6.07) is 0.500. The van der Waals surface area contributed by atoms with Crippen molar-refractivity contribution in [3.63, 3.8) is 0 Å². The lowest BCUT2D eigenvalue weighted by Crippen LogP contribution is -2.44. The molecule has 2 fully saturated rings. The largest absolute Gasteiger partial charge is 0.314 e. The fraction of sp³-hybridized carbons (Fsp3) is 0.750. The van der Waals surface area contributed by atoms with Gasteiger partial charge in [0.2, 0.25) is 0 Å². The van der Waals surface area contributed by atoms with Gasteiger partial charge in [-0.1, -0.05) is 0 Å². The Morgan fingerprint density at radius 3 is 2.88 bits per heavy atom. The molecule has 1 aromatic rings. The number of piperazine rings is 1. The van der Waals surface area contributed by atoms with Crippen molar-refractivity contribution in [3.05, 3.63) is 16.1 Å². The first-order valence-corrected chi connectivity index (χ1v) is 7.12. The normalized spacial score (nSPS) is 24.6. The molecule has 1 aliphatic heterocycles. The molecule has 88 valence electrons. The quantitative estimate of drug-likeness (QED) is 0.871. The lowest BCUT2D eigenvalue weighted by atomic mass is 10.2. The van der Waals surface area contributed by atoms with Gasteiger partial charge in [0.1, 0.15) is 5.01 Å². The van der Waals surface area contributed by atoms with Crippen LogP contribution >= 0.6 is 11.3 Å². The molecule has 4 heteroatoms. The maximum Gasteiger partial charge on any atom is 0.110 e. The van der Waals surface area contributed by atoms with Gasteiger partial charge in [0.05, 0.1) is 11.7 Å². The molecule has 3 rings (SSSR count). The maximum absolute atomic E-state index is 4.80. The van der Waals surface area contributed by atoms with Gasteiger partial charge in [-0.25, -0.2) is 4.98 Å². The summed E-state index contributed by atoms with van der Waals surface area (Å²) in [5.74, 6) is 0.792. The number of aromatic nitrogens is 1. The van der Waals surface area contributed by atoms with Crippen molar-refractivity contribution in [2.75, 3.05) is 26.2 Å². The summed E-state index contributed by atoms with van der Waals surface area (Å²) < 4.78 is 0. The predicted octanol–water partition coefficient (Wildman–Crippen LogP) is 1.99. The third-order valence-corrected chi connectivity index (χ3v) is 4.63. The molecular formula is C12H19N3S. The van der Waals surface area contributed by atoms with Crippen LogP contribution in [-0.4, -0.2) is 36.1 Å². The molecule has 1 saturated carbocycles. The summed E-state index contributed by atoms with van der Waals surface area (Å²) in [6.45, 7) is 6.83. The second kappa shape index (κ2) is 4.43. The van der Waals surface area contributed by atoms with Crippen LogP contribution in [0, 0.1) is 0 Å². The molecule has 0 aromatic carbocycles. The molecule has 1 atom stereocenters. The van der Waals surface area contributed by atoms with Gasteiger partial charge in [-0.15, -0.1) is 11.3 Å². The molecule has 0 spiro atoms. The number of thiazole rings is 1. The summed E-state index contributed by atoms with van der Waals surface area (Å²) in [4.78, 5) is 7.34. The standard InChI is InChI=1S/C12H19N3S/c1-9(15-6-4-13-5-7-15)12-14-11(8-16-12)10-2-3-10/h8-10,13H,2-7H2,1H3. The highest BCUT2D eigenvalue weighted by Gasteiger charge is 2.27. The topological polar surface area (TPSA) is 28.2 Å². The zero-order valence-electron chi connectivity index (χ0n) is 9.78. The Morgan fingerprint density at radius 2 is 2.19 bits per heavy atom. The van der Waals surface area contributed by atoms with E-state index in [4.69, 9.17) is 4.98 Å². The number of nitrogens with zero attached hydrogens (tertiary/aromatic N) is 2. The Balaban J connectivity index is 1.69. The molecule has 3 nitrogen and oxygen atoms in total. The van der Waals surface area contributed by atoms with Crippen LogP contribution in [0.5, 0.6) is 0 Å². The number of nitrogens with one attached hydrogen (secondary N) is 1. The molecule has 0 radical (unpaired) electrons. The van der Waals surface area contributed by atoms with Gasteiger partial charge in [-0.3, -0.25) is 4.90 Å². The van der Waals surface area contributed by atoms with Gasteiger partial charge in [0.25, 0.3) is 0 Å². The lowest BCUT2D eigenvalue weighted by molar-refractivity contribution is 0.185. The zero-order chi connectivity index (χ0) is 11.0. The SMILES string of the molecule is CC(c1nc(C2CC2)cs1)N1CCNCC1. The molecule has 2 heterocycles. The summed E-state index contributed by atoms with van der Waals surface area (Å²) in [6.07, 6.45) is 2.70. The van der Waals surface area contributed by atoms with E-state index in [2.05, 4.69) is 22.5 Å². The van der Waals surface area contributed by atoms with E-state index in [1.807, 2.05) is 11.3 Å². The highest BCUT2D eigenvalue weighted by molar-refractivity contribution is 7.09. The van der Waals surface area contributed by atoms with E-state index in [0.29, 0.717) is 6.04 Å². The van der Waals surface area contributed by atoms with Crippen molar-refractivity contribution in [2.24, 2.45) is 0 Å². The molecule has 1 unspecified atom stereocenters. The van der Waals surface area contributed by atoms with E-state index < -0.39 is 0 Å². The van der Waals surface area contributed by atoms with Crippen LogP contribution in [0.25, 0.3) is 0 Å². The van der Waals surface area contributed by atoms with Gasteiger partial charge in [0, 0.05) is 37.5 Å². The highest BCUT2D eigenvalue weighted by Crippen LogP contribution is 2.41. The van der Waals surface area contributed by atoms with Crippen LogP contribution < -0.4 is 5.32 Å². The predicted molar refractivity (Wildman–Crippen MR) is 66.9 cm³/mol. The highest BCUT2D eigenvalue weighted by atomic mass is 32.1. The lowest BCUT2D eigenvalue weighted by Gasteiger charge is -2.31. The summed E-state index contributed by atoms with van der Waals surface area (Å²) in [5.41, 5.74) is 1.35. The summed E-state index contributed by atoms with van der Waals surface area (Å²) in [5, 5.41) is 6.97. The first-order chi connectivity index (χ1) is 7.84. The van der Waals surface area contributed by atoms with Crippen LogP contribution in [0.15, 0.2) is 5.38 Å². The minimum Gasteiger partial charge on any atom is -0.314 e. The number of rotatable bonds is 3. The average Bonchev–Trinajstić information content (AvgIpc) is 3.08. The molecular weight excluding hydrogens is 218 g/mol. The van der Waals surface area contributed by atoms with Crippen LogP contribution in [0.3, 0.4) is 0 Å². The zero-order valence-corrected chi connectivity index (χ0v) is 10.6. The molecule has 1 saturated heterocycles. The molecule has 0 bridgehead atoms. The molecule has 1 aliphatic carbocycles. The fourth-order valence-corrected chi connectivity index (χ4v) is 3.28. The Hall–Kier alpha value is -0.450. The van der Waals surface area contributed by atoms with E-state index in [1.165, 1.54) is 23.5 Å². The number of hydrogen-bond donors (Lipinski definition) is 1. The molecule has 1 N–H and O–H groups in total. The van der Waals surface area contributed by atoms with E-state index in [9.17, 15) is 0 Å². The third-order valence-electron chi connectivity index (χ3n) is 3.59. The van der Waals surface area contributed by atoms with E-state index in [-0.39, 0.29) is 0 Å². The van der Waals surface area contributed by atoms with Crippen molar-refractivity contribution in [3.8, 4) is 0 Å². The molecule has 0 amide bonds. The van der Waals surface area contributed by atoms with Crippen molar-refractivity contribution in [1.29, 1.82) is 0 Å². The van der Waals surface area contributed by atoms with Crippen molar-refractivity contribution >= 4 is 11.3 Å². The van der Waals surface area contributed by atoms with Gasteiger partial charge in [0.15, 0.2) is 0 Å². The molecule has 1 aromatic heterocycles. The molecule has 2 aliphatic rings. The van der Waals surface area contributed by atoms with Crippen LogP contribution in [0.4, 0.5) is 0 Å². The maximum atomic E-state index is 4.80. The average molecular weight is 237 g/mol. The first kappa shape index (κ1) is 10.7. The Labute approximate surface area is 101 Å². The monoisotopic (exact) mass is 237 g/mol. The summed E-state index contributed by atoms with van der Waals surface area (Å²) in [7, 11) is 0. The fourth-order valence-electron chi connectivity index (χ4n) is 2.28.